The Kier molecular flexibility index (Phi) is 3.48. The van der Waals surface area contributed by atoms with E-state index >= 15 is 0 Å². The van der Waals surface area contributed by atoms with Crippen LogP contribution in [0.3, 0.4) is 0 Å². The summed E-state index contributed by atoms with van der Waals surface area (Å²) < 4.78 is 0. The Hall–Kier alpha value is -0.357. The maximum Gasteiger partial charge on any atom is 0 e. The zero-order valence-corrected chi connectivity index (χ0v) is 8.48. The summed E-state index contributed by atoms with van der Waals surface area (Å²) in [4.78, 5) is 0. The van der Waals surface area contributed by atoms with E-state index in [2.05, 4.69) is 6.07 Å². The average molecular weight is 172 g/mol. The van der Waals surface area contributed by atoms with E-state index in [4.69, 9.17) is 5.73 Å². The van der Waals surface area contributed by atoms with Crippen molar-refractivity contribution in [3.8, 4) is 0 Å². The molecule has 1 rings (SSSR count). The second-order valence-electron chi connectivity index (χ2n) is 1.82. The molecule has 0 aliphatic rings. The van der Waals surface area contributed by atoms with Gasteiger partial charge < -0.3 is 5.73 Å². The van der Waals surface area contributed by atoms with Gasteiger partial charge in [-0.2, -0.15) is 23.8 Å². The van der Waals surface area contributed by atoms with Crippen LogP contribution in [0.4, 0.5) is 5.69 Å². The largest absolute Gasteiger partial charge is 0.420 e. The second kappa shape index (κ2) is 3.63. The minimum Gasteiger partial charge on any atom is -0.420 e. The van der Waals surface area contributed by atoms with E-state index in [1.165, 1.54) is 5.56 Å². The molecule has 2 N–H and O–H groups in total. The summed E-state index contributed by atoms with van der Waals surface area (Å²) in [6.07, 6.45) is 0. The first-order chi connectivity index (χ1) is 3.79. The first kappa shape index (κ1) is 8.64. The Morgan fingerprint density at radius 2 is 2.11 bits per heavy atom. The zero-order chi connectivity index (χ0) is 5.98. The summed E-state index contributed by atoms with van der Waals surface area (Å²) >= 11 is 0. The SMILES string of the molecule is Cc1c[c-]c(N)cc1.[Zn]. The molecule has 1 aromatic rings. The predicted molar refractivity (Wildman–Crippen MR) is 34.4 cm³/mol. The zero-order valence-electron chi connectivity index (χ0n) is 5.52. The van der Waals surface area contributed by atoms with E-state index in [0.717, 1.165) is 0 Å². The van der Waals surface area contributed by atoms with Gasteiger partial charge in [0.15, 0.2) is 0 Å². The number of rotatable bonds is 0. The first-order valence-electron chi connectivity index (χ1n) is 2.53. The van der Waals surface area contributed by atoms with Gasteiger partial charge in [0.2, 0.25) is 0 Å². The fourth-order valence-electron chi connectivity index (χ4n) is 0.515. The Labute approximate surface area is 68.0 Å². The quantitative estimate of drug-likeness (QED) is 0.356. The minimum absolute atomic E-state index is 0. The van der Waals surface area contributed by atoms with Crippen molar-refractivity contribution in [3.63, 3.8) is 0 Å². The summed E-state index contributed by atoms with van der Waals surface area (Å²) in [7, 11) is 0. The summed E-state index contributed by atoms with van der Waals surface area (Å²) in [5.41, 5.74) is 7.27. The van der Waals surface area contributed by atoms with Gasteiger partial charge in [-0.1, -0.05) is 12.6 Å². The van der Waals surface area contributed by atoms with Crippen LogP contribution in [0.25, 0.3) is 0 Å². The topological polar surface area (TPSA) is 26.0 Å². The molecule has 0 spiro atoms. The van der Waals surface area contributed by atoms with Crippen LogP contribution in [0, 0.1) is 13.0 Å². The summed E-state index contributed by atoms with van der Waals surface area (Å²) in [6, 6.07) is 8.55. The van der Waals surface area contributed by atoms with E-state index in [1.54, 1.807) is 0 Å². The summed E-state index contributed by atoms with van der Waals surface area (Å²) in [5.74, 6) is 0. The van der Waals surface area contributed by atoms with Gasteiger partial charge in [0.1, 0.15) is 0 Å². The third-order valence-corrected chi connectivity index (χ3v) is 0.992. The second-order valence-corrected chi connectivity index (χ2v) is 1.82. The van der Waals surface area contributed by atoms with Crippen LogP contribution in [0.15, 0.2) is 18.2 Å². The van der Waals surface area contributed by atoms with Crippen molar-refractivity contribution in [1.82, 2.24) is 0 Å². The molecule has 0 unspecified atom stereocenters. The van der Waals surface area contributed by atoms with E-state index in [0.29, 0.717) is 5.69 Å². The van der Waals surface area contributed by atoms with Gasteiger partial charge in [-0.05, 0) is 0 Å². The van der Waals surface area contributed by atoms with Crippen LogP contribution in [-0.2, 0) is 19.5 Å². The van der Waals surface area contributed by atoms with Gasteiger partial charge >= 0.3 is 0 Å². The molecule has 44 valence electrons. The molecule has 0 bridgehead atoms. The molecule has 0 aliphatic heterocycles. The Morgan fingerprint density at radius 3 is 2.44 bits per heavy atom. The maximum atomic E-state index is 5.37. The van der Waals surface area contributed by atoms with Crippen LogP contribution >= 0.6 is 0 Å². The number of hydrogen-bond donors (Lipinski definition) is 1. The molecular weight excluding hydrogens is 163 g/mol. The van der Waals surface area contributed by atoms with Crippen molar-refractivity contribution in [3.05, 3.63) is 29.8 Å². The van der Waals surface area contributed by atoms with Crippen molar-refractivity contribution in [2.24, 2.45) is 0 Å². The van der Waals surface area contributed by atoms with E-state index in [-0.39, 0.29) is 19.5 Å². The fourth-order valence-corrected chi connectivity index (χ4v) is 0.515. The maximum absolute atomic E-state index is 5.37. The minimum atomic E-state index is 0. The van der Waals surface area contributed by atoms with Gasteiger partial charge in [0.25, 0.3) is 0 Å². The monoisotopic (exact) mass is 170 g/mol. The molecule has 1 aromatic carbocycles. The van der Waals surface area contributed by atoms with Gasteiger partial charge in [0.05, 0.1) is 0 Å². The van der Waals surface area contributed by atoms with Crippen molar-refractivity contribution in [1.29, 1.82) is 0 Å². The van der Waals surface area contributed by atoms with E-state index in [1.807, 2.05) is 25.1 Å². The van der Waals surface area contributed by atoms with Crippen LogP contribution < -0.4 is 5.73 Å². The predicted octanol–water partition coefficient (Wildman–Crippen LogP) is 1.37. The third kappa shape index (κ3) is 2.62. The van der Waals surface area contributed by atoms with Crippen LogP contribution in [0.1, 0.15) is 5.56 Å². The molecule has 0 heterocycles. The van der Waals surface area contributed by atoms with Crippen LogP contribution in [0.2, 0.25) is 0 Å². The average Bonchev–Trinajstić information content (AvgIpc) is 1.77. The number of benzene rings is 1. The normalized spacial score (nSPS) is 8.11. The van der Waals surface area contributed by atoms with Gasteiger partial charge in [-0.25, -0.2) is 0 Å². The van der Waals surface area contributed by atoms with Crippen LogP contribution in [0.5, 0.6) is 0 Å². The molecule has 0 radical (unpaired) electrons. The van der Waals surface area contributed by atoms with Crippen molar-refractivity contribution < 1.29 is 19.5 Å². The number of anilines is 1. The number of hydrogen-bond acceptors (Lipinski definition) is 1. The fraction of sp³-hybridized carbons (Fsp3) is 0.143. The van der Waals surface area contributed by atoms with Gasteiger partial charge in [-0.3, -0.25) is 0 Å². The smallest absolute Gasteiger partial charge is 0 e. The number of nitrogens with two attached hydrogens (primary N) is 1. The molecule has 0 saturated heterocycles. The summed E-state index contributed by atoms with van der Waals surface area (Å²) in [6.45, 7) is 2.01. The Bertz CT molecular complexity index is 148. The van der Waals surface area contributed by atoms with Crippen molar-refractivity contribution in [2.75, 3.05) is 5.73 Å². The number of aryl methyl sites for hydroxylation is 1. The Morgan fingerprint density at radius 1 is 1.44 bits per heavy atom. The summed E-state index contributed by atoms with van der Waals surface area (Å²) in [5, 5.41) is 0. The molecule has 0 aliphatic carbocycles. The molecule has 0 atom stereocenters. The van der Waals surface area contributed by atoms with Crippen molar-refractivity contribution >= 4 is 5.69 Å². The van der Waals surface area contributed by atoms with E-state index < -0.39 is 0 Å². The molecule has 2 heteroatoms. The van der Waals surface area contributed by atoms with Crippen LogP contribution in [-0.4, -0.2) is 0 Å². The van der Waals surface area contributed by atoms with E-state index in [9.17, 15) is 0 Å². The molecule has 0 aromatic heterocycles. The third-order valence-electron chi connectivity index (χ3n) is 0.992. The Balaban J connectivity index is 0.000000640. The van der Waals surface area contributed by atoms with Gasteiger partial charge in [0, 0.05) is 19.5 Å². The molecular formula is C7H8NZn-. The molecule has 0 amide bonds. The van der Waals surface area contributed by atoms with Crippen molar-refractivity contribution in [2.45, 2.75) is 6.92 Å². The molecule has 0 fully saturated rings. The standard InChI is InChI=1S/C7H8N.Zn/c1-6-2-4-7(8)5-3-6;/h2-4H,8H2,1H3;/q-1;. The molecule has 0 saturated carbocycles. The number of nitrogen functional groups attached to an aromatic ring is 1. The first-order valence-corrected chi connectivity index (χ1v) is 2.53. The molecule has 1 nitrogen and oxygen atoms in total. The molecule has 9 heavy (non-hydrogen) atoms. The van der Waals surface area contributed by atoms with Gasteiger partial charge in [-0.15, -0.1) is 6.07 Å².